The lowest BCUT2D eigenvalue weighted by Gasteiger charge is -2.30. The number of rotatable bonds is 6. The van der Waals surface area contributed by atoms with Crippen molar-refractivity contribution in [1.29, 1.82) is 0 Å². The van der Waals surface area contributed by atoms with Gasteiger partial charge >= 0.3 is 13.1 Å². The van der Waals surface area contributed by atoms with Gasteiger partial charge in [0.2, 0.25) is 0 Å². The zero-order valence-corrected chi connectivity index (χ0v) is 11.7. The number of carbonyl (C=O) groups is 1. The van der Waals surface area contributed by atoms with Crippen molar-refractivity contribution in [1.82, 2.24) is 5.32 Å². The molecule has 0 spiro atoms. The Kier molecular flexibility index (Phi) is 7.42. The first-order valence-electron chi connectivity index (χ1n) is 7.36. The molecule has 1 fully saturated rings. The Morgan fingerprint density at radius 3 is 2.63 bits per heavy atom. The van der Waals surface area contributed by atoms with Gasteiger partial charge in [0, 0.05) is 6.04 Å². The summed E-state index contributed by atoms with van der Waals surface area (Å²) in [6.45, 7) is 2.88. The molecule has 2 unspecified atom stereocenters. The summed E-state index contributed by atoms with van der Waals surface area (Å²) in [6.07, 6.45) is 5.68. The van der Waals surface area contributed by atoms with E-state index < -0.39 is 13.1 Å². The maximum absolute atomic E-state index is 11.3. The fourth-order valence-electron chi connectivity index (χ4n) is 2.98. The predicted octanol–water partition coefficient (Wildman–Crippen LogP) is 1.11. The second-order valence-corrected chi connectivity index (χ2v) is 5.56. The molecule has 0 radical (unpaired) electrons. The van der Waals surface area contributed by atoms with E-state index in [1.807, 2.05) is 6.92 Å². The lowest BCUT2D eigenvalue weighted by atomic mass is 9.79. The summed E-state index contributed by atoms with van der Waals surface area (Å²) in [7, 11) is -1.22. The topological polar surface area (TPSA) is 89.8 Å². The van der Waals surface area contributed by atoms with Gasteiger partial charge in [0.1, 0.15) is 0 Å². The highest BCUT2D eigenvalue weighted by Crippen LogP contribution is 2.26. The van der Waals surface area contributed by atoms with Crippen LogP contribution < -0.4 is 5.32 Å². The number of hydrogen-bond acceptors (Lipinski definition) is 4. The molecule has 0 aromatic rings. The maximum atomic E-state index is 11.3. The van der Waals surface area contributed by atoms with Gasteiger partial charge in [-0.2, -0.15) is 0 Å². The van der Waals surface area contributed by atoms with E-state index in [2.05, 4.69) is 5.32 Å². The first-order chi connectivity index (χ1) is 9.04. The Hall–Kier alpha value is -0.585. The van der Waals surface area contributed by atoms with Gasteiger partial charge in [-0.1, -0.05) is 19.8 Å². The van der Waals surface area contributed by atoms with Crippen molar-refractivity contribution < 1.29 is 19.9 Å². The average molecular weight is 271 g/mol. The fourth-order valence-corrected chi connectivity index (χ4v) is 2.98. The molecule has 6 heteroatoms. The fraction of sp³-hybridized carbons (Fsp3) is 0.923. The third kappa shape index (κ3) is 5.93. The smallest absolute Gasteiger partial charge is 0.451 e. The first-order valence-corrected chi connectivity index (χ1v) is 7.36. The van der Waals surface area contributed by atoms with Crippen LogP contribution in [0.5, 0.6) is 0 Å². The Balaban J connectivity index is 2.43. The van der Waals surface area contributed by atoms with Crippen LogP contribution in [0.4, 0.5) is 0 Å². The lowest BCUT2D eigenvalue weighted by molar-refractivity contribution is -0.143. The first kappa shape index (κ1) is 16.5. The summed E-state index contributed by atoms with van der Waals surface area (Å²) in [5.41, 5.74) is 0. The average Bonchev–Trinajstić information content (AvgIpc) is 2.31. The zero-order valence-electron chi connectivity index (χ0n) is 11.7. The van der Waals surface area contributed by atoms with Gasteiger partial charge in [-0.25, -0.2) is 0 Å². The van der Waals surface area contributed by atoms with Crippen LogP contribution in [0.2, 0.25) is 6.32 Å². The molecule has 0 aromatic carbocycles. The third-order valence-electron chi connectivity index (χ3n) is 4.16. The summed E-state index contributed by atoms with van der Waals surface area (Å²) in [4.78, 5) is 11.3. The second kappa shape index (κ2) is 8.56. The van der Waals surface area contributed by atoms with E-state index in [0.29, 0.717) is 18.7 Å². The summed E-state index contributed by atoms with van der Waals surface area (Å²) in [6, 6.07) is 0.0812. The second-order valence-electron chi connectivity index (χ2n) is 5.56. The van der Waals surface area contributed by atoms with E-state index >= 15 is 0 Å². The van der Waals surface area contributed by atoms with Gasteiger partial charge in [0.25, 0.3) is 0 Å². The number of nitrogens with one attached hydrogen (secondary N) is 1. The van der Waals surface area contributed by atoms with Gasteiger partial charge in [-0.15, -0.1) is 0 Å². The molecule has 0 bridgehead atoms. The highest BCUT2D eigenvalue weighted by molar-refractivity contribution is 6.40. The van der Waals surface area contributed by atoms with Crippen molar-refractivity contribution in [2.24, 2.45) is 11.8 Å². The third-order valence-corrected chi connectivity index (χ3v) is 4.16. The number of aliphatic carboxylic acids is 1. The molecule has 0 amide bonds. The van der Waals surface area contributed by atoms with Crippen molar-refractivity contribution >= 4 is 13.1 Å². The van der Waals surface area contributed by atoms with Crippen LogP contribution in [0.3, 0.4) is 0 Å². The Labute approximate surface area is 115 Å². The van der Waals surface area contributed by atoms with Crippen LogP contribution in [-0.4, -0.2) is 40.8 Å². The molecule has 0 saturated carbocycles. The van der Waals surface area contributed by atoms with E-state index in [-0.39, 0.29) is 12.0 Å². The van der Waals surface area contributed by atoms with Crippen LogP contribution in [0, 0.1) is 11.8 Å². The SMILES string of the molecule is CCC1NCC[C@@H](CCCB(O)O)CCC1C(=O)O. The maximum Gasteiger partial charge on any atom is 0.451 e. The predicted molar refractivity (Wildman–Crippen MR) is 74.8 cm³/mol. The molecular formula is C13H26BNO4. The van der Waals surface area contributed by atoms with Gasteiger partial charge < -0.3 is 20.5 Å². The summed E-state index contributed by atoms with van der Waals surface area (Å²) in [5.74, 6) is -0.507. The summed E-state index contributed by atoms with van der Waals surface area (Å²) < 4.78 is 0. The normalized spacial score (nSPS) is 28.5. The molecule has 1 rings (SSSR count). The molecule has 1 aliphatic rings. The van der Waals surface area contributed by atoms with Crippen LogP contribution in [0.1, 0.15) is 45.4 Å². The molecule has 1 saturated heterocycles. The minimum atomic E-state index is -1.22. The molecular weight excluding hydrogens is 245 g/mol. The van der Waals surface area contributed by atoms with E-state index in [0.717, 1.165) is 38.6 Å². The van der Waals surface area contributed by atoms with Gasteiger partial charge in [-0.3, -0.25) is 4.79 Å². The molecule has 4 N–H and O–H groups in total. The van der Waals surface area contributed by atoms with Crippen molar-refractivity contribution in [3.8, 4) is 0 Å². The molecule has 110 valence electrons. The van der Waals surface area contributed by atoms with E-state index in [1.54, 1.807) is 0 Å². The summed E-state index contributed by atoms with van der Waals surface area (Å²) >= 11 is 0. The Morgan fingerprint density at radius 2 is 2.05 bits per heavy atom. The number of carboxylic acids is 1. The van der Waals surface area contributed by atoms with Crippen LogP contribution in [-0.2, 0) is 4.79 Å². The monoisotopic (exact) mass is 271 g/mol. The highest BCUT2D eigenvalue weighted by Gasteiger charge is 2.29. The molecule has 3 atom stereocenters. The number of carboxylic acid groups (broad SMARTS) is 1. The van der Waals surface area contributed by atoms with Gasteiger partial charge in [0.05, 0.1) is 5.92 Å². The largest absolute Gasteiger partial charge is 0.481 e. The minimum absolute atomic E-state index is 0.0812. The van der Waals surface area contributed by atoms with E-state index in [9.17, 15) is 9.90 Å². The zero-order chi connectivity index (χ0) is 14.3. The van der Waals surface area contributed by atoms with Gasteiger partial charge in [0.15, 0.2) is 0 Å². The Morgan fingerprint density at radius 1 is 1.32 bits per heavy atom. The van der Waals surface area contributed by atoms with Crippen LogP contribution in [0.25, 0.3) is 0 Å². The van der Waals surface area contributed by atoms with E-state index in [1.165, 1.54) is 0 Å². The molecule has 1 aliphatic heterocycles. The molecule has 0 aromatic heterocycles. The van der Waals surface area contributed by atoms with Crippen molar-refractivity contribution in [2.45, 2.75) is 57.8 Å². The minimum Gasteiger partial charge on any atom is -0.481 e. The molecule has 19 heavy (non-hydrogen) atoms. The quantitative estimate of drug-likeness (QED) is 0.543. The molecule has 5 nitrogen and oxygen atoms in total. The van der Waals surface area contributed by atoms with Gasteiger partial charge in [-0.05, 0) is 44.5 Å². The highest BCUT2D eigenvalue weighted by atomic mass is 16.4. The lowest BCUT2D eigenvalue weighted by Crippen LogP contribution is -2.42. The summed E-state index contributed by atoms with van der Waals surface area (Å²) in [5, 5.41) is 30.3. The van der Waals surface area contributed by atoms with Crippen molar-refractivity contribution in [3.63, 3.8) is 0 Å². The molecule has 0 aliphatic carbocycles. The van der Waals surface area contributed by atoms with Crippen molar-refractivity contribution in [2.75, 3.05) is 6.54 Å². The van der Waals surface area contributed by atoms with Crippen LogP contribution >= 0.6 is 0 Å². The molecule has 1 heterocycles. The Bertz CT molecular complexity index is 275. The van der Waals surface area contributed by atoms with Crippen molar-refractivity contribution in [3.05, 3.63) is 0 Å². The number of hydrogen-bond donors (Lipinski definition) is 4. The standard InChI is InChI=1S/C13H26BNO4/c1-2-12-11(13(16)17)6-5-10(7-9-15-12)4-3-8-14(18)19/h10-12,15,18-19H,2-9H2,1H3,(H,16,17)/t10-,11?,12?/m0/s1. The van der Waals surface area contributed by atoms with Crippen LogP contribution in [0.15, 0.2) is 0 Å². The van der Waals surface area contributed by atoms with E-state index in [4.69, 9.17) is 10.0 Å².